The number of rotatable bonds is 6. The van der Waals surface area contributed by atoms with E-state index >= 15 is 0 Å². The van der Waals surface area contributed by atoms with E-state index in [1.54, 1.807) is 19.1 Å². The molecule has 1 atom stereocenters. The number of benzene rings is 1. The number of ether oxygens (including phenoxy) is 1. The van der Waals surface area contributed by atoms with Crippen LogP contribution in [0.2, 0.25) is 0 Å². The predicted octanol–water partition coefficient (Wildman–Crippen LogP) is 1.67. The first-order chi connectivity index (χ1) is 11.5. The van der Waals surface area contributed by atoms with Gasteiger partial charge in [-0.3, -0.25) is 5.43 Å². The van der Waals surface area contributed by atoms with Gasteiger partial charge in [0.2, 0.25) is 0 Å². The Morgan fingerprint density at radius 3 is 2.28 bits per heavy atom. The maximum Gasteiger partial charge on any atom is 0.332 e. The van der Waals surface area contributed by atoms with Crippen molar-refractivity contribution in [3.05, 3.63) is 28.7 Å². The summed E-state index contributed by atoms with van der Waals surface area (Å²) in [5, 5.41) is 2.52. The first-order valence-corrected chi connectivity index (χ1v) is 9.84. The third-order valence-electron chi connectivity index (χ3n) is 4.11. The second-order valence-electron chi connectivity index (χ2n) is 6.33. The largest absolute Gasteiger partial charge is 0.464 e. The van der Waals surface area contributed by atoms with Crippen molar-refractivity contribution < 1.29 is 22.7 Å². The van der Waals surface area contributed by atoms with Crippen LogP contribution in [0.3, 0.4) is 0 Å². The van der Waals surface area contributed by atoms with E-state index < -0.39 is 33.0 Å². The third kappa shape index (κ3) is 4.13. The van der Waals surface area contributed by atoms with Crippen LogP contribution < -0.4 is 15.6 Å². The fraction of sp³-hybridized carbons (Fsp3) is 0.467. The number of halogens is 1. The van der Waals surface area contributed by atoms with Crippen LogP contribution in [0.4, 0.5) is 4.79 Å². The van der Waals surface area contributed by atoms with E-state index in [2.05, 4.69) is 26.7 Å². The Labute approximate surface area is 154 Å². The summed E-state index contributed by atoms with van der Waals surface area (Å²) in [6, 6.07) is 5.07. The highest BCUT2D eigenvalue weighted by Gasteiger charge is 2.68. The van der Waals surface area contributed by atoms with Crippen molar-refractivity contribution in [1.82, 2.24) is 15.6 Å². The average molecular weight is 434 g/mol. The van der Waals surface area contributed by atoms with Crippen molar-refractivity contribution >= 4 is 38.0 Å². The van der Waals surface area contributed by atoms with Crippen LogP contribution >= 0.6 is 15.9 Å². The Kier molecular flexibility index (Phi) is 5.45. The second kappa shape index (κ2) is 6.93. The summed E-state index contributed by atoms with van der Waals surface area (Å²) >= 11 is 3.21. The quantitative estimate of drug-likeness (QED) is 0.466. The van der Waals surface area contributed by atoms with Crippen molar-refractivity contribution in [3.8, 4) is 0 Å². The lowest BCUT2D eigenvalue weighted by molar-refractivity contribution is -0.147. The standard InChI is InChI=1S/C15H20BrN3O5S/c1-4-24-12(20)15(9-14(15,2)3)17-13(21)18-19-25(22,23)11-7-5-10(16)6-8-11/h5-8,19H,4,9H2,1-3H3,(H2,17,18,21). The molecule has 0 bridgehead atoms. The van der Waals surface area contributed by atoms with Crippen LogP contribution in [0.15, 0.2) is 33.6 Å². The number of amides is 2. The molecule has 3 N–H and O–H groups in total. The Bertz CT molecular complexity index is 779. The van der Waals surface area contributed by atoms with Gasteiger partial charge in [-0.15, -0.1) is 4.83 Å². The molecule has 2 amide bonds. The molecular weight excluding hydrogens is 414 g/mol. The van der Waals surface area contributed by atoms with Crippen LogP contribution in [0.1, 0.15) is 27.2 Å². The van der Waals surface area contributed by atoms with E-state index in [1.807, 2.05) is 18.7 Å². The number of carbonyl (C=O) groups excluding carboxylic acids is 2. The molecule has 0 aliphatic heterocycles. The zero-order valence-electron chi connectivity index (χ0n) is 14.1. The number of sulfonamides is 1. The second-order valence-corrected chi connectivity index (χ2v) is 8.92. The van der Waals surface area contributed by atoms with Crippen molar-refractivity contribution in [2.24, 2.45) is 5.41 Å². The molecule has 0 spiro atoms. The highest BCUT2D eigenvalue weighted by Crippen LogP contribution is 2.56. The summed E-state index contributed by atoms with van der Waals surface area (Å²) in [5.41, 5.74) is 0.432. The van der Waals surface area contributed by atoms with E-state index in [4.69, 9.17) is 4.74 Å². The fourth-order valence-corrected chi connectivity index (χ4v) is 3.60. The Morgan fingerprint density at radius 1 is 1.24 bits per heavy atom. The smallest absolute Gasteiger partial charge is 0.332 e. The number of hydrogen-bond donors (Lipinski definition) is 3. The van der Waals surface area contributed by atoms with Gasteiger partial charge in [0.05, 0.1) is 11.5 Å². The maximum atomic E-state index is 12.1. The van der Waals surface area contributed by atoms with Gasteiger partial charge in [0.15, 0.2) is 0 Å². The summed E-state index contributed by atoms with van der Waals surface area (Å²) in [4.78, 5) is 26.2. The molecule has 1 fully saturated rings. The third-order valence-corrected chi connectivity index (χ3v) is 5.90. The Balaban J connectivity index is 2.00. The molecule has 1 aliphatic rings. The van der Waals surface area contributed by atoms with Crippen LogP contribution in [-0.4, -0.2) is 32.6 Å². The van der Waals surface area contributed by atoms with E-state index in [0.29, 0.717) is 6.42 Å². The Morgan fingerprint density at radius 2 is 1.80 bits per heavy atom. The van der Waals surface area contributed by atoms with Crippen LogP contribution in [0, 0.1) is 5.41 Å². The van der Waals surface area contributed by atoms with E-state index in [1.165, 1.54) is 12.1 Å². The molecule has 0 heterocycles. The monoisotopic (exact) mass is 433 g/mol. The van der Waals surface area contributed by atoms with E-state index in [0.717, 1.165) is 4.47 Å². The number of urea groups is 1. The fourth-order valence-electron chi connectivity index (χ4n) is 2.50. The topological polar surface area (TPSA) is 114 Å². The van der Waals surface area contributed by atoms with Gasteiger partial charge >= 0.3 is 12.0 Å². The number of nitrogens with one attached hydrogen (secondary N) is 3. The number of esters is 1. The van der Waals surface area contributed by atoms with Crippen LogP contribution in [0.25, 0.3) is 0 Å². The molecule has 138 valence electrons. The number of hydrogen-bond acceptors (Lipinski definition) is 5. The van der Waals surface area contributed by atoms with Gasteiger partial charge in [-0.2, -0.15) is 0 Å². The highest BCUT2D eigenvalue weighted by molar-refractivity contribution is 9.10. The molecule has 0 aromatic heterocycles. The summed E-state index contributed by atoms with van der Waals surface area (Å²) in [6.45, 7) is 5.50. The molecule has 2 rings (SSSR count). The molecule has 0 radical (unpaired) electrons. The Hall–Kier alpha value is -1.65. The molecule has 1 aliphatic carbocycles. The summed E-state index contributed by atoms with van der Waals surface area (Å²) in [6.07, 6.45) is 0.408. The van der Waals surface area contributed by atoms with Crippen LogP contribution in [-0.2, 0) is 19.6 Å². The molecular formula is C15H20BrN3O5S. The number of carbonyl (C=O) groups is 2. The van der Waals surface area contributed by atoms with Crippen LogP contribution in [0.5, 0.6) is 0 Å². The first kappa shape index (κ1) is 19.7. The van der Waals surface area contributed by atoms with Crippen molar-refractivity contribution in [1.29, 1.82) is 0 Å². The molecule has 0 saturated heterocycles. The zero-order chi connectivity index (χ0) is 18.9. The normalized spacial score (nSPS) is 21.3. The minimum atomic E-state index is -3.93. The lowest BCUT2D eigenvalue weighted by Gasteiger charge is -2.20. The summed E-state index contributed by atoms with van der Waals surface area (Å²) in [5.74, 6) is -0.536. The molecule has 10 heteroatoms. The molecule has 1 aromatic carbocycles. The average Bonchev–Trinajstić information content (AvgIpc) is 3.08. The van der Waals surface area contributed by atoms with Crippen molar-refractivity contribution in [2.45, 2.75) is 37.6 Å². The van der Waals surface area contributed by atoms with Gasteiger partial charge in [-0.1, -0.05) is 29.8 Å². The summed E-state index contributed by atoms with van der Waals surface area (Å²) in [7, 11) is -3.93. The minimum absolute atomic E-state index is 0.0112. The molecule has 1 aromatic rings. The van der Waals surface area contributed by atoms with E-state index in [-0.39, 0.29) is 11.5 Å². The summed E-state index contributed by atoms with van der Waals surface area (Å²) < 4.78 is 30.0. The molecule has 25 heavy (non-hydrogen) atoms. The molecule has 1 saturated carbocycles. The van der Waals surface area contributed by atoms with Crippen molar-refractivity contribution in [2.75, 3.05) is 6.61 Å². The van der Waals surface area contributed by atoms with Gasteiger partial charge in [0, 0.05) is 9.89 Å². The lowest BCUT2D eigenvalue weighted by atomic mass is 10.1. The predicted molar refractivity (Wildman–Crippen MR) is 93.9 cm³/mol. The van der Waals surface area contributed by atoms with Gasteiger partial charge in [0.25, 0.3) is 10.0 Å². The highest BCUT2D eigenvalue weighted by atomic mass is 79.9. The van der Waals surface area contributed by atoms with Gasteiger partial charge in [-0.05, 0) is 37.6 Å². The van der Waals surface area contributed by atoms with E-state index in [9.17, 15) is 18.0 Å². The first-order valence-electron chi connectivity index (χ1n) is 7.57. The van der Waals surface area contributed by atoms with Gasteiger partial charge in [-0.25, -0.2) is 18.0 Å². The maximum absolute atomic E-state index is 12.1. The molecule has 1 unspecified atom stereocenters. The minimum Gasteiger partial charge on any atom is -0.464 e. The van der Waals surface area contributed by atoms with Crippen molar-refractivity contribution in [3.63, 3.8) is 0 Å². The zero-order valence-corrected chi connectivity index (χ0v) is 16.5. The van der Waals surface area contributed by atoms with Gasteiger partial charge < -0.3 is 10.1 Å². The molecule has 8 nitrogen and oxygen atoms in total. The SMILES string of the molecule is CCOC(=O)C1(NC(=O)NNS(=O)(=O)c2ccc(Br)cc2)CC1(C)C. The number of hydrazine groups is 1. The lowest BCUT2D eigenvalue weighted by Crippen LogP contribution is -2.55. The van der Waals surface area contributed by atoms with Gasteiger partial charge in [0.1, 0.15) is 5.54 Å².